The number of benzene rings is 1. The summed E-state index contributed by atoms with van der Waals surface area (Å²) in [6.07, 6.45) is 0. The van der Waals surface area contributed by atoms with Crippen LogP contribution in [0.1, 0.15) is 22.8 Å². The Morgan fingerprint density at radius 1 is 1.53 bits per heavy atom. The Morgan fingerprint density at radius 2 is 2.32 bits per heavy atom. The van der Waals surface area contributed by atoms with E-state index in [1.54, 1.807) is 12.1 Å². The number of hydrogen-bond donors (Lipinski definition) is 1. The van der Waals surface area contributed by atoms with Crippen LogP contribution in [0.25, 0.3) is 0 Å². The second-order valence-corrected chi connectivity index (χ2v) is 4.43. The number of rotatable bonds is 1. The summed E-state index contributed by atoms with van der Waals surface area (Å²) < 4.78 is 5.34. The van der Waals surface area contributed by atoms with E-state index in [1.807, 2.05) is 24.0 Å². The summed E-state index contributed by atoms with van der Waals surface area (Å²) in [4.78, 5) is 14.3. The zero-order valence-electron chi connectivity index (χ0n) is 10.9. The van der Waals surface area contributed by atoms with Crippen molar-refractivity contribution in [1.82, 2.24) is 4.90 Å². The van der Waals surface area contributed by atoms with Gasteiger partial charge in [-0.2, -0.15) is 0 Å². The van der Waals surface area contributed by atoms with Crippen molar-refractivity contribution in [2.24, 2.45) is 0 Å². The zero-order chi connectivity index (χ0) is 13.7. The van der Waals surface area contributed by atoms with E-state index in [2.05, 4.69) is 11.8 Å². The maximum atomic E-state index is 12.5. The molecule has 1 heterocycles. The molecule has 1 aliphatic heterocycles. The predicted octanol–water partition coefficient (Wildman–Crippen LogP) is 0.891. The quantitative estimate of drug-likeness (QED) is 0.762. The van der Waals surface area contributed by atoms with Gasteiger partial charge in [-0.25, -0.2) is 0 Å². The van der Waals surface area contributed by atoms with Crippen LogP contribution in [-0.4, -0.2) is 48.3 Å². The number of aliphatic hydroxyl groups excluding tert-OH is 1. The average Bonchev–Trinajstić information content (AvgIpc) is 2.45. The molecule has 0 bridgehead atoms. The molecule has 1 aromatic rings. The van der Waals surface area contributed by atoms with Crippen LogP contribution in [0.4, 0.5) is 0 Å². The van der Waals surface area contributed by atoms with Gasteiger partial charge in [0.1, 0.15) is 6.61 Å². The minimum atomic E-state index is -0.212. The van der Waals surface area contributed by atoms with Crippen LogP contribution >= 0.6 is 0 Å². The molecule has 1 aromatic carbocycles. The number of carbonyl (C=O) groups is 1. The Balaban J connectivity index is 2.27. The summed E-state index contributed by atoms with van der Waals surface area (Å²) in [7, 11) is 0. The smallest absolute Gasteiger partial charge is 0.255 e. The van der Waals surface area contributed by atoms with E-state index in [-0.39, 0.29) is 18.6 Å². The first kappa shape index (κ1) is 13.6. The number of morpholine rings is 1. The molecule has 1 saturated heterocycles. The Kier molecular flexibility index (Phi) is 4.56. The fourth-order valence-electron chi connectivity index (χ4n) is 2.10. The van der Waals surface area contributed by atoms with Crippen LogP contribution in [-0.2, 0) is 4.74 Å². The minimum absolute atomic E-state index is 0.0290. The van der Waals surface area contributed by atoms with Gasteiger partial charge in [0.05, 0.1) is 24.8 Å². The normalized spacial score (nSPS) is 18.6. The number of ether oxygens (including phenoxy) is 1. The van der Waals surface area contributed by atoms with Crippen molar-refractivity contribution in [2.45, 2.75) is 13.0 Å². The van der Waals surface area contributed by atoms with Gasteiger partial charge in [0.2, 0.25) is 0 Å². The van der Waals surface area contributed by atoms with E-state index in [0.29, 0.717) is 30.9 Å². The highest BCUT2D eigenvalue weighted by atomic mass is 16.5. The SMILES string of the molecule is CC1COCCN1C(=O)c1ccccc1C#CCO. The molecule has 0 radical (unpaired) electrons. The zero-order valence-corrected chi connectivity index (χ0v) is 10.9. The van der Waals surface area contributed by atoms with Crippen molar-refractivity contribution in [1.29, 1.82) is 0 Å². The van der Waals surface area contributed by atoms with Gasteiger partial charge in [-0.3, -0.25) is 4.79 Å². The minimum Gasteiger partial charge on any atom is -0.384 e. The summed E-state index contributed by atoms with van der Waals surface area (Å²) in [5.74, 6) is 5.37. The van der Waals surface area contributed by atoms with E-state index >= 15 is 0 Å². The Hall–Kier alpha value is -1.83. The Morgan fingerprint density at radius 3 is 3.05 bits per heavy atom. The lowest BCUT2D eigenvalue weighted by Crippen LogP contribution is -2.47. The molecule has 1 unspecified atom stereocenters. The van der Waals surface area contributed by atoms with Crippen molar-refractivity contribution in [3.05, 3.63) is 35.4 Å². The fourth-order valence-corrected chi connectivity index (χ4v) is 2.10. The van der Waals surface area contributed by atoms with Crippen molar-refractivity contribution >= 4 is 5.91 Å². The molecule has 1 fully saturated rings. The molecule has 0 saturated carbocycles. The highest BCUT2D eigenvalue weighted by Crippen LogP contribution is 2.15. The third-order valence-corrected chi connectivity index (χ3v) is 3.09. The molecule has 1 amide bonds. The molecule has 0 spiro atoms. The molecule has 100 valence electrons. The first-order valence-corrected chi connectivity index (χ1v) is 6.31. The molecule has 4 heteroatoms. The van der Waals surface area contributed by atoms with E-state index < -0.39 is 0 Å². The van der Waals surface area contributed by atoms with Crippen LogP contribution in [0, 0.1) is 11.8 Å². The van der Waals surface area contributed by atoms with E-state index in [1.165, 1.54) is 0 Å². The summed E-state index contributed by atoms with van der Waals surface area (Å²) >= 11 is 0. The maximum Gasteiger partial charge on any atom is 0.255 e. The van der Waals surface area contributed by atoms with Crippen LogP contribution < -0.4 is 0 Å². The summed E-state index contributed by atoms with van der Waals surface area (Å²) in [5.41, 5.74) is 1.23. The fraction of sp³-hybridized carbons (Fsp3) is 0.400. The van der Waals surface area contributed by atoms with Gasteiger partial charge < -0.3 is 14.7 Å². The largest absolute Gasteiger partial charge is 0.384 e. The van der Waals surface area contributed by atoms with Gasteiger partial charge in [0.15, 0.2) is 0 Å². The van der Waals surface area contributed by atoms with E-state index in [4.69, 9.17) is 9.84 Å². The van der Waals surface area contributed by atoms with Gasteiger partial charge in [-0.1, -0.05) is 24.0 Å². The van der Waals surface area contributed by atoms with Crippen LogP contribution in [0.15, 0.2) is 24.3 Å². The lowest BCUT2D eigenvalue weighted by Gasteiger charge is -2.33. The first-order valence-electron chi connectivity index (χ1n) is 6.31. The first-order chi connectivity index (χ1) is 9.24. The molecule has 1 N–H and O–H groups in total. The van der Waals surface area contributed by atoms with E-state index in [9.17, 15) is 4.79 Å². The number of carbonyl (C=O) groups excluding carboxylic acids is 1. The van der Waals surface area contributed by atoms with Crippen LogP contribution in [0.5, 0.6) is 0 Å². The molecule has 1 aliphatic rings. The number of amides is 1. The van der Waals surface area contributed by atoms with Crippen molar-refractivity contribution in [3.8, 4) is 11.8 Å². The van der Waals surface area contributed by atoms with Crippen LogP contribution in [0.3, 0.4) is 0 Å². The monoisotopic (exact) mass is 259 g/mol. The van der Waals surface area contributed by atoms with Gasteiger partial charge in [0.25, 0.3) is 5.91 Å². The molecule has 1 atom stereocenters. The summed E-state index contributed by atoms with van der Waals surface area (Å²) in [6, 6.07) is 7.29. The predicted molar refractivity (Wildman–Crippen MR) is 71.7 cm³/mol. The number of hydrogen-bond acceptors (Lipinski definition) is 3. The van der Waals surface area contributed by atoms with Gasteiger partial charge in [-0.15, -0.1) is 0 Å². The molecule has 0 aliphatic carbocycles. The highest BCUT2D eigenvalue weighted by molar-refractivity contribution is 5.97. The molecular formula is C15H17NO3. The topological polar surface area (TPSA) is 49.8 Å². The Labute approximate surface area is 113 Å². The van der Waals surface area contributed by atoms with Crippen molar-refractivity contribution in [2.75, 3.05) is 26.4 Å². The standard InChI is InChI=1S/C15H17NO3/c1-12-11-19-10-8-16(12)15(18)14-7-3-2-5-13(14)6-4-9-17/h2-3,5,7,12,17H,8-11H2,1H3. The maximum absolute atomic E-state index is 12.5. The second-order valence-electron chi connectivity index (χ2n) is 4.43. The lowest BCUT2D eigenvalue weighted by molar-refractivity contribution is 0.00358. The number of aliphatic hydroxyl groups is 1. The van der Waals surface area contributed by atoms with Gasteiger partial charge in [-0.05, 0) is 19.1 Å². The number of nitrogens with zero attached hydrogens (tertiary/aromatic N) is 1. The average molecular weight is 259 g/mol. The third kappa shape index (κ3) is 3.14. The Bertz CT molecular complexity index is 516. The second kappa shape index (κ2) is 6.37. The summed E-state index contributed by atoms with van der Waals surface area (Å²) in [6.45, 7) is 3.49. The van der Waals surface area contributed by atoms with Gasteiger partial charge in [0, 0.05) is 12.1 Å². The molecular weight excluding hydrogens is 242 g/mol. The van der Waals surface area contributed by atoms with Crippen molar-refractivity contribution in [3.63, 3.8) is 0 Å². The molecule has 19 heavy (non-hydrogen) atoms. The summed E-state index contributed by atoms with van der Waals surface area (Å²) in [5, 5.41) is 8.76. The highest BCUT2D eigenvalue weighted by Gasteiger charge is 2.25. The van der Waals surface area contributed by atoms with Gasteiger partial charge >= 0.3 is 0 Å². The lowest BCUT2D eigenvalue weighted by atomic mass is 10.1. The van der Waals surface area contributed by atoms with Crippen LogP contribution in [0.2, 0.25) is 0 Å². The van der Waals surface area contributed by atoms with Crippen molar-refractivity contribution < 1.29 is 14.6 Å². The third-order valence-electron chi connectivity index (χ3n) is 3.09. The molecule has 0 aromatic heterocycles. The molecule has 2 rings (SSSR count). The van der Waals surface area contributed by atoms with E-state index in [0.717, 1.165) is 0 Å². The molecule has 4 nitrogen and oxygen atoms in total.